The number of anilines is 1. The van der Waals surface area contributed by atoms with Crippen LogP contribution in [0.25, 0.3) is 0 Å². The molecule has 0 saturated carbocycles. The molecule has 1 aromatic heterocycles. The van der Waals surface area contributed by atoms with Crippen molar-refractivity contribution in [2.75, 3.05) is 17.2 Å². The molecule has 19 heavy (non-hydrogen) atoms. The van der Waals surface area contributed by atoms with Crippen molar-refractivity contribution in [2.45, 2.75) is 13.3 Å². The number of aryl methyl sites for hydroxylation is 1. The van der Waals surface area contributed by atoms with Crippen LogP contribution >= 0.6 is 0 Å². The molecule has 102 valence electrons. The van der Waals surface area contributed by atoms with Crippen molar-refractivity contribution in [2.24, 2.45) is 11.1 Å². The average molecular weight is 283 g/mol. The Morgan fingerprint density at radius 2 is 2.32 bits per heavy atom. The summed E-state index contributed by atoms with van der Waals surface area (Å²) in [6.07, 6.45) is 0.0905. The molecule has 3 N–H and O–H groups in total. The van der Waals surface area contributed by atoms with Gasteiger partial charge in [-0.2, -0.15) is 10.4 Å². The first-order valence-corrected chi connectivity index (χ1v) is 7.29. The number of carbonyl (C=O) groups is 1. The van der Waals surface area contributed by atoms with Gasteiger partial charge in [-0.05, 0) is 6.92 Å². The zero-order valence-electron chi connectivity index (χ0n) is 10.3. The van der Waals surface area contributed by atoms with E-state index in [1.54, 1.807) is 6.92 Å². The standard InChI is InChI=1S/C10H13N5O3S/c1-6-8(3-11)10(14-13-6)15-4-7(2-9(15)16)5-19(12,17)18/h7H,2,4-5H2,1H3,(H,13,14)(H2,12,17,18). The van der Waals surface area contributed by atoms with E-state index in [9.17, 15) is 13.2 Å². The fourth-order valence-electron chi connectivity index (χ4n) is 2.17. The number of aromatic nitrogens is 2. The van der Waals surface area contributed by atoms with Gasteiger partial charge in [0.1, 0.15) is 11.6 Å². The van der Waals surface area contributed by atoms with Crippen LogP contribution in [0.3, 0.4) is 0 Å². The zero-order valence-corrected chi connectivity index (χ0v) is 11.1. The predicted octanol–water partition coefficient (Wildman–Crippen LogP) is -0.769. The summed E-state index contributed by atoms with van der Waals surface area (Å²) in [7, 11) is -3.62. The predicted molar refractivity (Wildman–Crippen MR) is 66.5 cm³/mol. The molecule has 1 aromatic rings. The Morgan fingerprint density at radius 1 is 1.63 bits per heavy atom. The van der Waals surface area contributed by atoms with Crippen LogP contribution in [-0.2, 0) is 14.8 Å². The quantitative estimate of drug-likeness (QED) is 0.751. The van der Waals surface area contributed by atoms with Crippen molar-refractivity contribution >= 4 is 21.7 Å². The molecule has 1 atom stereocenters. The molecule has 0 spiro atoms. The highest BCUT2D eigenvalue weighted by Crippen LogP contribution is 2.27. The van der Waals surface area contributed by atoms with E-state index in [1.807, 2.05) is 6.07 Å². The second kappa shape index (κ2) is 4.64. The Balaban J connectivity index is 2.23. The molecule has 1 saturated heterocycles. The van der Waals surface area contributed by atoms with Gasteiger partial charge in [-0.15, -0.1) is 0 Å². The van der Waals surface area contributed by atoms with Gasteiger partial charge in [-0.1, -0.05) is 0 Å². The van der Waals surface area contributed by atoms with Crippen molar-refractivity contribution in [3.8, 4) is 6.07 Å². The van der Waals surface area contributed by atoms with Gasteiger partial charge in [0.15, 0.2) is 5.82 Å². The van der Waals surface area contributed by atoms with Gasteiger partial charge in [0.25, 0.3) is 0 Å². The first-order chi connectivity index (χ1) is 8.81. The summed E-state index contributed by atoms with van der Waals surface area (Å²) < 4.78 is 22.1. The van der Waals surface area contributed by atoms with Crippen molar-refractivity contribution in [3.63, 3.8) is 0 Å². The van der Waals surface area contributed by atoms with Crippen LogP contribution in [0.5, 0.6) is 0 Å². The van der Waals surface area contributed by atoms with Gasteiger partial charge in [0.2, 0.25) is 15.9 Å². The first kappa shape index (κ1) is 13.5. The summed E-state index contributed by atoms with van der Waals surface area (Å²) in [6.45, 7) is 1.88. The van der Waals surface area contributed by atoms with E-state index in [0.717, 1.165) is 0 Å². The number of rotatable bonds is 3. The molecule has 2 heterocycles. The van der Waals surface area contributed by atoms with Gasteiger partial charge >= 0.3 is 0 Å². The van der Waals surface area contributed by atoms with E-state index in [-0.39, 0.29) is 36.4 Å². The summed E-state index contributed by atoms with van der Waals surface area (Å²) in [5.41, 5.74) is 0.866. The van der Waals surface area contributed by atoms with E-state index in [0.29, 0.717) is 11.3 Å². The fraction of sp³-hybridized carbons (Fsp3) is 0.500. The van der Waals surface area contributed by atoms with Crippen molar-refractivity contribution in [1.29, 1.82) is 5.26 Å². The fourth-order valence-corrected chi connectivity index (χ4v) is 3.05. The first-order valence-electron chi connectivity index (χ1n) is 5.57. The van der Waals surface area contributed by atoms with Gasteiger partial charge in [-0.25, -0.2) is 13.6 Å². The highest BCUT2D eigenvalue weighted by Gasteiger charge is 2.35. The minimum absolute atomic E-state index is 0.0905. The lowest BCUT2D eigenvalue weighted by Crippen LogP contribution is -2.28. The monoisotopic (exact) mass is 283 g/mol. The van der Waals surface area contributed by atoms with Crippen LogP contribution in [0.4, 0.5) is 5.82 Å². The third-order valence-corrected chi connectivity index (χ3v) is 3.90. The molecule has 1 aliphatic heterocycles. The minimum Gasteiger partial charge on any atom is -0.294 e. The normalized spacial score (nSPS) is 19.7. The van der Waals surface area contributed by atoms with Crippen molar-refractivity contribution in [3.05, 3.63) is 11.3 Å². The van der Waals surface area contributed by atoms with E-state index < -0.39 is 10.0 Å². The lowest BCUT2D eigenvalue weighted by molar-refractivity contribution is -0.117. The molecule has 0 aromatic carbocycles. The third-order valence-electron chi connectivity index (χ3n) is 2.97. The molecule has 2 rings (SSSR count). The highest BCUT2D eigenvalue weighted by atomic mass is 32.2. The summed E-state index contributed by atoms with van der Waals surface area (Å²) in [4.78, 5) is 13.2. The Hall–Kier alpha value is -1.92. The summed E-state index contributed by atoms with van der Waals surface area (Å²) in [6, 6.07) is 1.97. The number of amides is 1. The smallest absolute Gasteiger partial charge is 0.228 e. The van der Waals surface area contributed by atoms with Crippen LogP contribution in [0.15, 0.2) is 0 Å². The number of nitrogens with one attached hydrogen (secondary N) is 1. The van der Waals surface area contributed by atoms with Gasteiger partial charge in [0, 0.05) is 18.9 Å². The number of hydrogen-bond donors (Lipinski definition) is 2. The number of sulfonamides is 1. The van der Waals surface area contributed by atoms with E-state index >= 15 is 0 Å². The van der Waals surface area contributed by atoms with Crippen LogP contribution in [0.1, 0.15) is 17.7 Å². The van der Waals surface area contributed by atoms with Crippen molar-refractivity contribution < 1.29 is 13.2 Å². The summed E-state index contributed by atoms with van der Waals surface area (Å²) >= 11 is 0. The molecule has 1 fully saturated rings. The number of primary sulfonamides is 1. The molecule has 1 amide bonds. The van der Waals surface area contributed by atoms with Crippen LogP contribution in [0.2, 0.25) is 0 Å². The maximum atomic E-state index is 11.9. The second-order valence-corrected chi connectivity index (χ2v) is 6.22. The maximum absolute atomic E-state index is 11.9. The molecule has 1 aliphatic rings. The maximum Gasteiger partial charge on any atom is 0.228 e. The molecule has 9 heteroatoms. The van der Waals surface area contributed by atoms with Crippen LogP contribution in [0, 0.1) is 24.2 Å². The average Bonchev–Trinajstić information content (AvgIpc) is 2.79. The van der Waals surface area contributed by atoms with Gasteiger partial charge in [0.05, 0.1) is 11.4 Å². The second-order valence-electron chi connectivity index (χ2n) is 4.56. The molecule has 0 bridgehead atoms. The number of nitriles is 1. The molecule has 0 radical (unpaired) electrons. The topological polar surface area (TPSA) is 133 Å². The molecular formula is C10H13N5O3S. The number of aromatic amines is 1. The Morgan fingerprint density at radius 3 is 2.89 bits per heavy atom. The van der Waals surface area contributed by atoms with E-state index in [4.69, 9.17) is 10.4 Å². The summed E-state index contributed by atoms with van der Waals surface area (Å²) in [5.74, 6) is -0.620. The van der Waals surface area contributed by atoms with E-state index in [1.165, 1.54) is 4.90 Å². The number of nitrogens with zero attached hydrogens (tertiary/aromatic N) is 3. The number of carbonyl (C=O) groups excluding carboxylic acids is 1. The van der Waals surface area contributed by atoms with Crippen molar-refractivity contribution in [1.82, 2.24) is 10.2 Å². The molecule has 0 aliphatic carbocycles. The Bertz CT molecular complexity index is 657. The Kier molecular flexibility index (Phi) is 3.30. The molecule has 8 nitrogen and oxygen atoms in total. The molecular weight excluding hydrogens is 270 g/mol. The largest absolute Gasteiger partial charge is 0.294 e. The van der Waals surface area contributed by atoms with E-state index in [2.05, 4.69) is 10.2 Å². The minimum atomic E-state index is -3.62. The lowest BCUT2D eigenvalue weighted by Gasteiger charge is -2.13. The SMILES string of the molecule is Cc1[nH]nc(N2CC(CS(N)(=O)=O)CC2=O)c1C#N. The number of H-pyrrole nitrogens is 1. The highest BCUT2D eigenvalue weighted by molar-refractivity contribution is 7.89. The summed E-state index contributed by atoms with van der Waals surface area (Å²) in [5, 5.41) is 20.6. The van der Waals surface area contributed by atoms with Crippen LogP contribution in [-0.4, -0.2) is 36.8 Å². The Labute approximate surface area is 110 Å². The number of hydrogen-bond acceptors (Lipinski definition) is 5. The molecule has 1 unspecified atom stereocenters. The number of nitrogens with two attached hydrogens (primary N) is 1. The van der Waals surface area contributed by atoms with Gasteiger partial charge < -0.3 is 0 Å². The zero-order chi connectivity index (χ0) is 14.2. The van der Waals surface area contributed by atoms with Crippen LogP contribution < -0.4 is 10.0 Å². The van der Waals surface area contributed by atoms with Gasteiger partial charge in [-0.3, -0.25) is 14.8 Å². The third kappa shape index (κ3) is 2.74. The lowest BCUT2D eigenvalue weighted by atomic mass is 10.1.